The van der Waals surface area contributed by atoms with Crippen molar-refractivity contribution in [3.8, 4) is 0 Å². The molecule has 0 aliphatic carbocycles. The topological polar surface area (TPSA) is 26.3 Å². The van der Waals surface area contributed by atoms with Crippen LogP contribution >= 0.6 is 8.03 Å². The zero-order valence-electron chi connectivity index (χ0n) is 11.5. The number of allylic oxidation sites excluding steroid dienone is 1. The summed E-state index contributed by atoms with van der Waals surface area (Å²) in [5.41, 5.74) is 0. The van der Waals surface area contributed by atoms with Crippen molar-refractivity contribution in [2.75, 3.05) is 6.61 Å². The highest BCUT2D eigenvalue weighted by Gasteiger charge is 2.10. The number of unbranched alkanes of at least 4 members (excludes halogenated alkanes) is 7. The van der Waals surface area contributed by atoms with Gasteiger partial charge in [0.1, 0.15) is 6.61 Å². The second-order valence-corrected chi connectivity index (χ2v) is 5.54. The molecule has 0 fully saturated rings. The van der Waals surface area contributed by atoms with Crippen LogP contribution in [0.2, 0.25) is 0 Å². The van der Waals surface area contributed by atoms with E-state index in [1.165, 1.54) is 38.5 Å². The first-order valence-corrected chi connectivity index (χ1v) is 8.31. The van der Waals surface area contributed by atoms with E-state index in [1.807, 2.05) is 6.08 Å². The lowest BCUT2D eigenvalue weighted by atomic mass is 10.1. The molecule has 1 atom stereocenters. The molecule has 0 aromatic carbocycles. The molecule has 2 nitrogen and oxygen atoms in total. The van der Waals surface area contributed by atoms with Gasteiger partial charge in [-0.15, -0.1) is 4.52 Å². The fourth-order valence-corrected chi connectivity index (χ4v) is 2.26. The van der Waals surface area contributed by atoms with Gasteiger partial charge < -0.3 is 0 Å². The molecule has 0 spiro atoms. The van der Waals surface area contributed by atoms with Crippen LogP contribution in [0.25, 0.3) is 0 Å². The Morgan fingerprint density at radius 1 is 0.941 bits per heavy atom. The van der Waals surface area contributed by atoms with Crippen molar-refractivity contribution >= 4 is 8.03 Å². The summed E-state index contributed by atoms with van der Waals surface area (Å²) in [6.45, 7) is 4.95. The second-order valence-electron chi connectivity index (χ2n) is 4.41. The van der Waals surface area contributed by atoms with Crippen LogP contribution in [0.15, 0.2) is 11.9 Å². The Hall–Kier alpha value is -0.200. The van der Waals surface area contributed by atoms with Crippen LogP contribution in [-0.2, 0) is 9.09 Å². The van der Waals surface area contributed by atoms with Crippen molar-refractivity contribution in [3.05, 3.63) is 11.9 Å². The third kappa shape index (κ3) is 13.7. The number of hydrogen-bond donors (Lipinski definition) is 0. The Kier molecular flexibility index (Phi) is 13.7. The van der Waals surface area contributed by atoms with E-state index in [1.54, 1.807) is 5.82 Å². The number of hydrogen-bond acceptors (Lipinski definition) is 2. The number of rotatable bonds is 12. The van der Waals surface area contributed by atoms with Crippen LogP contribution in [-0.4, -0.2) is 6.61 Å². The van der Waals surface area contributed by atoms with Crippen LogP contribution in [0.1, 0.15) is 71.6 Å². The van der Waals surface area contributed by atoms with Gasteiger partial charge in [0.15, 0.2) is 5.82 Å². The molecule has 0 heterocycles. The highest BCUT2D eigenvalue weighted by atomic mass is 31.1. The SMILES string of the molecule is CCCCCCCC/C=C/[P+](=O)OCCCC. The van der Waals surface area contributed by atoms with Crippen LogP contribution in [0.4, 0.5) is 0 Å². The first kappa shape index (κ1) is 16.8. The van der Waals surface area contributed by atoms with Gasteiger partial charge in [0, 0.05) is 0 Å². The summed E-state index contributed by atoms with van der Waals surface area (Å²) in [5, 5.41) is 0. The highest BCUT2D eigenvalue weighted by molar-refractivity contribution is 7.42. The molecule has 3 heteroatoms. The lowest BCUT2D eigenvalue weighted by molar-refractivity contribution is 0.326. The average Bonchev–Trinajstić information content (AvgIpc) is 2.33. The average molecular weight is 259 g/mol. The van der Waals surface area contributed by atoms with Crippen molar-refractivity contribution in [1.82, 2.24) is 0 Å². The van der Waals surface area contributed by atoms with Gasteiger partial charge in [-0.25, -0.2) is 0 Å². The minimum absolute atomic E-state index is 0.618. The maximum atomic E-state index is 11.3. The molecule has 1 unspecified atom stereocenters. The fourth-order valence-electron chi connectivity index (χ4n) is 1.55. The van der Waals surface area contributed by atoms with Gasteiger partial charge >= 0.3 is 8.03 Å². The zero-order chi connectivity index (χ0) is 12.8. The summed E-state index contributed by atoms with van der Waals surface area (Å²) in [7, 11) is -1.55. The zero-order valence-corrected chi connectivity index (χ0v) is 12.4. The van der Waals surface area contributed by atoms with Gasteiger partial charge in [0.05, 0.1) is 0 Å². The summed E-state index contributed by atoms with van der Waals surface area (Å²) >= 11 is 0. The lowest BCUT2D eigenvalue weighted by Crippen LogP contribution is -1.83. The second kappa shape index (κ2) is 13.9. The summed E-state index contributed by atoms with van der Waals surface area (Å²) in [4.78, 5) is 0. The molecule has 0 rings (SSSR count). The normalized spacial score (nSPS) is 12.2. The minimum Gasteiger partial charge on any atom is -0.142 e. The predicted molar refractivity (Wildman–Crippen MR) is 75.6 cm³/mol. The predicted octanol–water partition coefficient (Wildman–Crippen LogP) is 5.81. The molecular weight excluding hydrogens is 231 g/mol. The summed E-state index contributed by atoms with van der Waals surface area (Å²) in [6, 6.07) is 0. The van der Waals surface area contributed by atoms with Crippen molar-refractivity contribution in [3.63, 3.8) is 0 Å². The summed E-state index contributed by atoms with van der Waals surface area (Å²) in [5.74, 6) is 1.72. The molecule has 0 aromatic rings. The minimum atomic E-state index is -1.55. The molecule has 0 bridgehead atoms. The molecule has 0 saturated heterocycles. The van der Waals surface area contributed by atoms with E-state index in [4.69, 9.17) is 4.52 Å². The Balaban J connectivity index is 3.25. The van der Waals surface area contributed by atoms with Crippen molar-refractivity contribution in [2.24, 2.45) is 0 Å². The molecule has 100 valence electrons. The largest absolute Gasteiger partial charge is 0.540 e. The Morgan fingerprint density at radius 2 is 1.59 bits per heavy atom. The first-order valence-electron chi connectivity index (χ1n) is 7.07. The quantitative estimate of drug-likeness (QED) is 0.326. The Morgan fingerprint density at radius 3 is 2.29 bits per heavy atom. The van der Waals surface area contributed by atoms with Crippen LogP contribution in [0, 0.1) is 0 Å². The smallest absolute Gasteiger partial charge is 0.142 e. The molecule has 0 radical (unpaired) electrons. The molecule has 0 aromatic heterocycles. The van der Waals surface area contributed by atoms with Crippen LogP contribution in [0.5, 0.6) is 0 Å². The molecule has 0 saturated carbocycles. The lowest BCUT2D eigenvalue weighted by Gasteiger charge is -1.96. The molecule has 0 N–H and O–H groups in total. The third-order valence-corrected chi connectivity index (χ3v) is 3.56. The van der Waals surface area contributed by atoms with Gasteiger partial charge in [0.25, 0.3) is 0 Å². The van der Waals surface area contributed by atoms with E-state index in [0.717, 1.165) is 19.3 Å². The maximum absolute atomic E-state index is 11.3. The van der Waals surface area contributed by atoms with Gasteiger partial charge in [-0.1, -0.05) is 52.4 Å². The third-order valence-electron chi connectivity index (χ3n) is 2.67. The molecule has 0 aliphatic rings. The van der Waals surface area contributed by atoms with Gasteiger partial charge in [-0.3, -0.25) is 0 Å². The van der Waals surface area contributed by atoms with E-state index in [9.17, 15) is 4.57 Å². The van der Waals surface area contributed by atoms with Gasteiger partial charge in [-0.2, -0.15) is 0 Å². The van der Waals surface area contributed by atoms with Crippen LogP contribution < -0.4 is 0 Å². The summed E-state index contributed by atoms with van der Waals surface area (Å²) in [6.07, 6.45) is 13.0. The molecule has 0 amide bonds. The fraction of sp³-hybridized carbons (Fsp3) is 0.857. The van der Waals surface area contributed by atoms with Crippen molar-refractivity contribution in [2.45, 2.75) is 71.6 Å². The monoisotopic (exact) mass is 259 g/mol. The van der Waals surface area contributed by atoms with E-state index < -0.39 is 8.03 Å². The van der Waals surface area contributed by atoms with Crippen molar-refractivity contribution < 1.29 is 9.09 Å². The molecule has 0 aliphatic heterocycles. The standard InChI is InChI=1S/C14H28O2P/c1-3-5-7-8-9-10-11-12-14-17(15)16-13-6-4-2/h12,14H,3-11,13H2,1-2H3/q+1/b14-12+. The van der Waals surface area contributed by atoms with Gasteiger partial charge in [-0.05, 0) is 29.9 Å². The molecular formula is C14H28O2P+. The van der Waals surface area contributed by atoms with Crippen molar-refractivity contribution in [1.29, 1.82) is 0 Å². The Bertz CT molecular complexity index is 202. The first-order chi connectivity index (χ1) is 8.31. The highest BCUT2D eigenvalue weighted by Crippen LogP contribution is 2.24. The van der Waals surface area contributed by atoms with E-state index in [-0.39, 0.29) is 0 Å². The van der Waals surface area contributed by atoms with E-state index in [2.05, 4.69) is 13.8 Å². The van der Waals surface area contributed by atoms with Gasteiger partial charge in [0.2, 0.25) is 0 Å². The van der Waals surface area contributed by atoms with E-state index in [0.29, 0.717) is 6.61 Å². The Labute approximate surface area is 108 Å². The summed E-state index contributed by atoms with van der Waals surface area (Å²) < 4.78 is 16.5. The maximum Gasteiger partial charge on any atom is 0.540 e. The van der Waals surface area contributed by atoms with Crippen LogP contribution in [0.3, 0.4) is 0 Å². The molecule has 17 heavy (non-hydrogen) atoms. The van der Waals surface area contributed by atoms with E-state index >= 15 is 0 Å².